The number of hydrogen-bond acceptors (Lipinski definition) is 3. The summed E-state index contributed by atoms with van der Waals surface area (Å²) in [4.78, 5) is 0. The van der Waals surface area contributed by atoms with Gasteiger partial charge in [0.2, 0.25) is 10.0 Å². The van der Waals surface area contributed by atoms with Gasteiger partial charge in [-0.15, -0.1) is 0 Å². The molecule has 0 heterocycles. The fourth-order valence-electron chi connectivity index (χ4n) is 2.76. The third-order valence-corrected chi connectivity index (χ3v) is 5.90. The molecule has 4 nitrogen and oxygen atoms in total. The van der Waals surface area contributed by atoms with Gasteiger partial charge >= 0.3 is 0 Å². The second-order valence-corrected chi connectivity index (χ2v) is 7.59. The lowest BCUT2D eigenvalue weighted by Crippen LogP contribution is -2.36. The monoisotopic (exact) mass is 296 g/mol. The van der Waals surface area contributed by atoms with E-state index in [0.717, 1.165) is 43.4 Å². The van der Waals surface area contributed by atoms with Gasteiger partial charge in [0, 0.05) is 19.6 Å². The maximum absolute atomic E-state index is 12.4. The summed E-state index contributed by atoms with van der Waals surface area (Å²) in [5.74, 6) is 0.0971. The molecule has 0 radical (unpaired) electrons. The van der Waals surface area contributed by atoms with Gasteiger partial charge in [-0.2, -0.15) is 0 Å². The number of rotatable bonds is 6. The highest BCUT2D eigenvalue weighted by Gasteiger charge is 2.28. The molecule has 1 N–H and O–H groups in total. The smallest absolute Gasteiger partial charge is 0.218 e. The van der Waals surface area contributed by atoms with Gasteiger partial charge in [0.1, 0.15) is 0 Å². The average Bonchev–Trinajstić information content (AvgIpc) is 2.94. The molecule has 1 fully saturated rings. The van der Waals surface area contributed by atoms with Crippen molar-refractivity contribution < 1.29 is 8.42 Å². The second-order valence-electron chi connectivity index (χ2n) is 5.56. The third kappa shape index (κ3) is 3.81. The summed E-state index contributed by atoms with van der Waals surface area (Å²) >= 11 is 0. The Bertz CT molecular complexity index is 519. The van der Waals surface area contributed by atoms with Crippen LogP contribution in [0.3, 0.4) is 0 Å². The largest absolute Gasteiger partial charge is 0.316 e. The van der Waals surface area contributed by atoms with Crippen LogP contribution in [0.2, 0.25) is 0 Å². The molecular formula is C15H24N2O2S. The van der Waals surface area contributed by atoms with E-state index in [0.29, 0.717) is 0 Å². The normalized spacial score (nSPS) is 16.9. The highest BCUT2D eigenvalue weighted by Crippen LogP contribution is 2.25. The average molecular weight is 296 g/mol. The van der Waals surface area contributed by atoms with Crippen molar-refractivity contribution in [1.82, 2.24) is 9.62 Å². The van der Waals surface area contributed by atoms with E-state index >= 15 is 0 Å². The zero-order valence-electron chi connectivity index (χ0n) is 12.3. The lowest BCUT2D eigenvalue weighted by atomic mass is 10.1. The zero-order valence-corrected chi connectivity index (χ0v) is 13.1. The Morgan fingerprint density at radius 2 is 1.70 bits per heavy atom. The van der Waals surface area contributed by atoms with Gasteiger partial charge in [0.15, 0.2) is 0 Å². The van der Waals surface area contributed by atoms with E-state index in [1.165, 1.54) is 0 Å². The molecule has 20 heavy (non-hydrogen) atoms. The number of nitrogens with zero attached hydrogens (tertiary/aromatic N) is 1. The van der Waals surface area contributed by atoms with Crippen LogP contribution in [0.15, 0.2) is 24.3 Å². The van der Waals surface area contributed by atoms with Gasteiger partial charge in [0.25, 0.3) is 0 Å². The van der Waals surface area contributed by atoms with Gasteiger partial charge < -0.3 is 5.32 Å². The Kier molecular flexibility index (Phi) is 5.18. The second kappa shape index (κ2) is 6.70. The Balaban J connectivity index is 2.03. The Morgan fingerprint density at radius 3 is 2.25 bits per heavy atom. The van der Waals surface area contributed by atoms with Gasteiger partial charge in [-0.1, -0.05) is 37.1 Å². The molecule has 0 amide bonds. The summed E-state index contributed by atoms with van der Waals surface area (Å²) in [5, 5.41) is 3.08. The molecule has 1 aromatic rings. The molecule has 1 aromatic carbocycles. The predicted molar refractivity (Wildman–Crippen MR) is 81.8 cm³/mol. The van der Waals surface area contributed by atoms with Crippen LogP contribution in [0.25, 0.3) is 0 Å². The molecule has 0 aromatic heterocycles. The molecular weight excluding hydrogens is 272 g/mol. The van der Waals surface area contributed by atoms with E-state index in [2.05, 4.69) is 5.32 Å². The first-order valence-corrected chi connectivity index (χ1v) is 8.82. The summed E-state index contributed by atoms with van der Waals surface area (Å²) in [5.41, 5.74) is 2.02. The van der Waals surface area contributed by atoms with Crippen molar-refractivity contribution in [3.63, 3.8) is 0 Å². The summed E-state index contributed by atoms with van der Waals surface area (Å²) in [6.07, 6.45) is 4.28. The molecule has 1 saturated carbocycles. The highest BCUT2D eigenvalue weighted by molar-refractivity contribution is 7.88. The molecule has 112 valence electrons. The summed E-state index contributed by atoms with van der Waals surface area (Å²) in [6.45, 7) is 0.801. The fraction of sp³-hybridized carbons (Fsp3) is 0.600. The lowest BCUT2D eigenvalue weighted by Gasteiger charge is -2.23. The van der Waals surface area contributed by atoms with E-state index in [1.807, 2.05) is 31.3 Å². The fourth-order valence-corrected chi connectivity index (χ4v) is 4.25. The number of sulfonamides is 1. The molecule has 5 heteroatoms. The minimum Gasteiger partial charge on any atom is -0.316 e. The molecule has 0 bridgehead atoms. The molecule has 1 aliphatic rings. The molecule has 0 aliphatic heterocycles. The van der Waals surface area contributed by atoms with Crippen molar-refractivity contribution >= 4 is 10.0 Å². The van der Waals surface area contributed by atoms with Gasteiger partial charge in [-0.05, 0) is 31.0 Å². The van der Waals surface area contributed by atoms with Crippen LogP contribution in [-0.4, -0.2) is 32.9 Å². The minimum atomic E-state index is -3.20. The van der Waals surface area contributed by atoms with Crippen molar-refractivity contribution in [2.75, 3.05) is 14.1 Å². The molecule has 0 saturated heterocycles. The topological polar surface area (TPSA) is 49.4 Å². The van der Waals surface area contributed by atoms with Crippen molar-refractivity contribution in [3.05, 3.63) is 35.4 Å². The summed E-state index contributed by atoms with van der Waals surface area (Å²) in [6, 6.07) is 7.98. The van der Waals surface area contributed by atoms with E-state index < -0.39 is 10.0 Å². The predicted octanol–water partition coefficient (Wildman–Crippen LogP) is 2.11. The number of benzene rings is 1. The van der Waals surface area contributed by atoms with Crippen molar-refractivity contribution in [2.24, 2.45) is 0 Å². The highest BCUT2D eigenvalue weighted by atomic mass is 32.2. The van der Waals surface area contributed by atoms with Crippen LogP contribution in [0, 0.1) is 0 Å². The summed E-state index contributed by atoms with van der Waals surface area (Å²) < 4.78 is 26.4. The van der Waals surface area contributed by atoms with E-state index in [1.54, 1.807) is 11.4 Å². The van der Waals surface area contributed by atoms with E-state index in [-0.39, 0.29) is 11.8 Å². The first-order valence-electron chi connectivity index (χ1n) is 7.21. The van der Waals surface area contributed by atoms with Gasteiger partial charge in [-0.3, -0.25) is 0 Å². The maximum atomic E-state index is 12.4. The molecule has 2 rings (SSSR count). The van der Waals surface area contributed by atoms with Crippen molar-refractivity contribution in [3.8, 4) is 0 Å². The van der Waals surface area contributed by atoms with Crippen LogP contribution in [0.1, 0.15) is 36.8 Å². The van der Waals surface area contributed by atoms with Gasteiger partial charge in [0.05, 0.1) is 5.75 Å². The zero-order chi connectivity index (χ0) is 14.6. The quantitative estimate of drug-likeness (QED) is 0.874. The number of nitrogens with one attached hydrogen (secondary N) is 1. The first kappa shape index (κ1) is 15.5. The van der Waals surface area contributed by atoms with Crippen LogP contribution in [-0.2, 0) is 22.3 Å². The van der Waals surface area contributed by atoms with E-state index in [9.17, 15) is 8.42 Å². The molecule has 0 spiro atoms. The van der Waals surface area contributed by atoms with Crippen molar-refractivity contribution in [2.45, 2.75) is 44.0 Å². The van der Waals surface area contributed by atoms with Crippen LogP contribution >= 0.6 is 0 Å². The molecule has 1 aliphatic carbocycles. The van der Waals surface area contributed by atoms with Crippen LogP contribution in [0.4, 0.5) is 0 Å². The first-order chi connectivity index (χ1) is 9.53. The molecule has 0 unspecified atom stereocenters. The number of hydrogen-bond donors (Lipinski definition) is 1. The Hall–Kier alpha value is -0.910. The van der Waals surface area contributed by atoms with Crippen LogP contribution < -0.4 is 5.32 Å². The maximum Gasteiger partial charge on any atom is 0.218 e. The Morgan fingerprint density at radius 1 is 1.15 bits per heavy atom. The summed E-state index contributed by atoms with van der Waals surface area (Å²) in [7, 11) is 0.416. The third-order valence-electron chi connectivity index (χ3n) is 4.03. The van der Waals surface area contributed by atoms with Crippen molar-refractivity contribution in [1.29, 1.82) is 0 Å². The SMILES string of the molecule is CNCc1ccc(CS(=O)(=O)N(C)C2CCCC2)cc1. The van der Waals surface area contributed by atoms with E-state index in [4.69, 9.17) is 0 Å². The standard InChI is InChI=1S/C15H24N2O2S/c1-16-11-13-7-9-14(10-8-13)12-20(18,19)17(2)15-5-3-4-6-15/h7-10,15-16H,3-6,11-12H2,1-2H3. The Labute approximate surface area is 122 Å². The lowest BCUT2D eigenvalue weighted by molar-refractivity contribution is 0.372. The van der Waals surface area contributed by atoms with Gasteiger partial charge in [-0.25, -0.2) is 12.7 Å². The minimum absolute atomic E-state index is 0.0971. The van der Waals surface area contributed by atoms with Crippen LogP contribution in [0.5, 0.6) is 0 Å². The molecule has 0 atom stereocenters.